The molecule has 1 aromatic heterocycles. The van der Waals surface area contributed by atoms with Crippen molar-refractivity contribution in [3.8, 4) is 11.4 Å². The Balaban J connectivity index is 1.57. The van der Waals surface area contributed by atoms with Crippen LogP contribution in [0.15, 0.2) is 54.6 Å². The van der Waals surface area contributed by atoms with E-state index in [0.717, 1.165) is 5.69 Å². The summed E-state index contributed by atoms with van der Waals surface area (Å²) in [5.41, 5.74) is 1.02. The highest BCUT2D eigenvalue weighted by atomic mass is 19.1. The van der Waals surface area contributed by atoms with E-state index in [1.807, 2.05) is 17.9 Å². The number of aryl methyl sites for hydroxylation is 1. The highest BCUT2D eigenvalue weighted by Crippen LogP contribution is 2.35. The van der Waals surface area contributed by atoms with Crippen LogP contribution in [0.2, 0.25) is 0 Å². The maximum atomic E-state index is 13.1. The summed E-state index contributed by atoms with van der Waals surface area (Å²) in [7, 11) is 0. The summed E-state index contributed by atoms with van der Waals surface area (Å²) < 4.78 is 13.1. The normalized spacial score (nSPS) is 15.2. The van der Waals surface area contributed by atoms with Gasteiger partial charge in [0.15, 0.2) is 5.82 Å². The first kappa shape index (κ1) is 18.0. The summed E-state index contributed by atoms with van der Waals surface area (Å²) in [5.74, 6) is 0.775. The molecule has 0 bridgehead atoms. The van der Waals surface area contributed by atoms with Crippen molar-refractivity contribution in [3.63, 3.8) is 0 Å². The number of hydrogen-bond acceptors (Lipinski definition) is 6. The zero-order valence-corrected chi connectivity index (χ0v) is 15.0. The number of hydrogen-bond donors (Lipinski definition) is 1. The number of halogens is 1. The van der Waals surface area contributed by atoms with Crippen LogP contribution in [0.3, 0.4) is 0 Å². The Labute approximate surface area is 160 Å². The Morgan fingerprint density at radius 1 is 1.11 bits per heavy atom. The third-order valence-corrected chi connectivity index (χ3v) is 4.79. The minimum absolute atomic E-state index is 0.00346. The smallest absolute Gasteiger partial charge is 0.269 e. The van der Waals surface area contributed by atoms with E-state index < -0.39 is 10.5 Å². The van der Waals surface area contributed by atoms with Crippen molar-refractivity contribution in [2.75, 3.05) is 18.0 Å². The van der Waals surface area contributed by atoms with Gasteiger partial charge in [0, 0.05) is 29.5 Å². The number of benzene rings is 2. The van der Waals surface area contributed by atoms with Crippen LogP contribution in [0, 0.1) is 22.9 Å². The van der Waals surface area contributed by atoms with Gasteiger partial charge < -0.3 is 10.0 Å². The Bertz CT molecular complexity index is 1030. The molecule has 28 heavy (non-hydrogen) atoms. The molecule has 0 saturated carbocycles. The second-order valence-electron chi connectivity index (χ2n) is 6.89. The molecule has 1 aliphatic heterocycles. The van der Waals surface area contributed by atoms with E-state index in [-0.39, 0.29) is 11.5 Å². The minimum atomic E-state index is -1.06. The summed E-state index contributed by atoms with van der Waals surface area (Å²) in [4.78, 5) is 21.2. The highest BCUT2D eigenvalue weighted by molar-refractivity contribution is 5.60. The van der Waals surface area contributed by atoms with Gasteiger partial charge in [0.2, 0.25) is 0 Å². The molecule has 1 saturated heterocycles. The van der Waals surface area contributed by atoms with Crippen LogP contribution in [0.4, 0.5) is 15.9 Å². The Morgan fingerprint density at radius 2 is 1.75 bits per heavy atom. The van der Waals surface area contributed by atoms with Gasteiger partial charge in [0.25, 0.3) is 5.69 Å². The van der Waals surface area contributed by atoms with Gasteiger partial charge in [-0.1, -0.05) is 12.1 Å². The summed E-state index contributed by atoms with van der Waals surface area (Å²) in [6.07, 6.45) is 0. The molecular weight excluding hydrogens is 363 g/mol. The molecule has 2 heterocycles. The van der Waals surface area contributed by atoms with E-state index in [0.29, 0.717) is 35.9 Å². The third-order valence-electron chi connectivity index (χ3n) is 4.79. The van der Waals surface area contributed by atoms with E-state index in [1.165, 1.54) is 24.3 Å². The van der Waals surface area contributed by atoms with E-state index in [4.69, 9.17) is 0 Å². The molecule has 1 fully saturated rings. The summed E-state index contributed by atoms with van der Waals surface area (Å²) in [6.45, 7) is 2.50. The maximum Gasteiger partial charge on any atom is 0.269 e. The van der Waals surface area contributed by atoms with Crippen molar-refractivity contribution >= 4 is 11.5 Å². The number of nitro groups is 1. The summed E-state index contributed by atoms with van der Waals surface area (Å²) in [5, 5.41) is 21.6. The van der Waals surface area contributed by atoms with Crippen LogP contribution >= 0.6 is 0 Å². The second-order valence-corrected chi connectivity index (χ2v) is 6.89. The van der Waals surface area contributed by atoms with Gasteiger partial charge in [-0.05, 0) is 36.8 Å². The molecule has 0 amide bonds. The predicted octanol–water partition coefficient (Wildman–Crippen LogP) is 3.21. The van der Waals surface area contributed by atoms with Crippen molar-refractivity contribution in [1.82, 2.24) is 9.97 Å². The molecule has 8 heteroatoms. The fraction of sp³-hybridized carbons (Fsp3) is 0.200. The number of non-ortho nitro benzene ring substituents is 1. The Hall–Kier alpha value is -3.39. The standard InChI is InChI=1S/C20H17FN4O3/c1-13-10-18(23-19(22-13)14-2-8-17(9-3-14)25(27)28)24-11-20(26,12-24)15-4-6-16(21)7-5-15/h2-10,26H,11-12H2,1H3. The van der Waals surface area contributed by atoms with Crippen molar-refractivity contribution in [1.29, 1.82) is 0 Å². The molecular formula is C20H17FN4O3. The molecule has 4 rings (SSSR count). The lowest BCUT2D eigenvalue weighted by atomic mass is 9.86. The fourth-order valence-electron chi connectivity index (χ4n) is 3.27. The van der Waals surface area contributed by atoms with Crippen LogP contribution in [0.25, 0.3) is 11.4 Å². The van der Waals surface area contributed by atoms with Crippen LogP contribution in [-0.2, 0) is 5.60 Å². The van der Waals surface area contributed by atoms with Gasteiger partial charge in [-0.25, -0.2) is 14.4 Å². The monoisotopic (exact) mass is 380 g/mol. The number of β-amino-alcohol motifs (C(OH)–C–C–N with tert-alkyl or cyclic N) is 1. The molecule has 2 aromatic carbocycles. The molecule has 0 radical (unpaired) electrons. The molecule has 0 aliphatic carbocycles. The topological polar surface area (TPSA) is 92.4 Å². The molecule has 0 unspecified atom stereocenters. The Kier molecular flexibility index (Phi) is 4.27. The number of aromatic nitrogens is 2. The first-order valence-corrected chi connectivity index (χ1v) is 8.68. The molecule has 1 N–H and O–H groups in total. The SMILES string of the molecule is Cc1cc(N2CC(O)(c3ccc(F)cc3)C2)nc(-c2ccc([N+](=O)[O-])cc2)n1. The van der Waals surface area contributed by atoms with Gasteiger partial charge >= 0.3 is 0 Å². The van der Waals surface area contributed by atoms with E-state index in [2.05, 4.69) is 9.97 Å². The lowest BCUT2D eigenvalue weighted by Gasteiger charge is -2.47. The molecule has 0 atom stereocenters. The quantitative estimate of drug-likeness (QED) is 0.552. The molecule has 3 aromatic rings. The number of nitrogens with zero attached hydrogens (tertiary/aromatic N) is 4. The highest BCUT2D eigenvalue weighted by Gasteiger charge is 2.43. The Morgan fingerprint density at radius 3 is 2.36 bits per heavy atom. The van der Waals surface area contributed by atoms with Crippen LogP contribution in [0.1, 0.15) is 11.3 Å². The van der Waals surface area contributed by atoms with Gasteiger partial charge in [-0.3, -0.25) is 10.1 Å². The number of rotatable bonds is 4. The second kappa shape index (κ2) is 6.65. The zero-order valence-electron chi connectivity index (χ0n) is 15.0. The lowest BCUT2D eigenvalue weighted by molar-refractivity contribution is -0.384. The van der Waals surface area contributed by atoms with Crippen molar-refractivity contribution in [3.05, 3.63) is 81.8 Å². The summed E-state index contributed by atoms with van der Waals surface area (Å²) in [6, 6.07) is 13.7. The maximum absolute atomic E-state index is 13.1. The third kappa shape index (κ3) is 3.29. The average Bonchev–Trinajstić information content (AvgIpc) is 2.65. The first-order chi connectivity index (χ1) is 13.3. The minimum Gasteiger partial charge on any atom is -0.381 e. The van der Waals surface area contributed by atoms with Gasteiger partial charge in [0.1, 0.15) is 17.2 Å². The van der Waals surface area contributed by atoms with Crippen LogP contribution in [-0.4, -0.2) is 33.1 Å². The van der Waals surface area contributed by atoms with Gasteiger partial charge in [-0.2, -0.15) is 0 Å². The van der Waals surface area contributed by atoms with E-state index >= 15 is 0 Å². The predicted molar refractivity (Wildman–Crippen MR) is 101 cm³/mol. The van der Waals surface area contributed by atoms with Crippen LogP contribution < -0.4 is 4.90 Å². The number of anilines is 1. The lowest BCUT2D eigenvalue weighted by Crippen LogP contribution is -2.59. The molecule has 0 spiro atoms. The van der Waals surface area contributed by atoms with E-state index in [9.17, 15) is 19.6 Å². The molecule has 7 nitrogen and oxygen atoms in total. The first-order valence-electron chi connectivity index (χ1n) is 8.68. The van der Waals surface area contributed by atoms with Gasteiger partial charge in [0.05, 0.1) is 18.0 Å². The van der Waals surface area contributed by atoms with Gasteiger partial charge in [-0.15, -0.1) is 0 Å². The van der Waals surface area contributed by atoms with E-state index in [1.54, 1.807) is 24.3 Å². The zero-order chi connectivity index (χ0) is 19.9. The largest absolute Gasteiger partial charge is 0.381 e. The van der Waals surface area contributed by atoms with Crippen LogP contribution in [0.5, 0.6) is 0 Å². The van der Waals surface area contributed by atoms with Crippen molar-refractivity contribution < 1.29 is 14.4 Å². The average molecular weight is 380 g/mol. The van der Waals surface area contributed by atoms with Crippen molar-refractivity contribution in [2.24, 2.45) is 0 Å². The van der Waals surface area contributed by atoms with Crippen molar-refractivity contribution in [2.45, 2.75) is 12.5 Å². The summed E-state index contributed by atoms with van der Waals surface area (Å²) >= 11 is 0. The number of nitro benzene ring substituents is 1. The fourth-order valence-corrected chi connectivity index (χ4v) is 3.27. The molecule has 1 aliphatic rings. The molecule has 142 valence electrons. The number of aliphatic hydroxyl groups is 1.